The number of esters is 2. The van der Waals surface area contributed by atoms with Crippen LogP contribution in [0, 0.1) is 41.5 Å². The van der Waals surface area contributed by atoms with Crippen LogP contribution >= 0.6 is 0 Å². The van der Waals surface area contributed by atoms with E-state index in [1.807, 2.05) is 39.8 Å². The van der Waals surface area contributed by atoms with Gasteiger partial charge in [-0.05, 0) is 99.9 Å². The molecule has 4 heteroatoms. The quantitative estimate of drug-likeness (QED) is 0.302. The third-order valence-electron chi connectivity index (χ3n) is 6.41. The molecule has 0 saturated heterocycles. The molecule has 0 unspecified atom stereocenters. The first-order valence-corrected chi connectivity index (χ1v) is 11.8. The topological polar surface area (TPSA) is 52.6 Å². The van der Waals surface area contributed by atoms with E-state index in [1.54, 1.807) is 0 Å². The van der Waals surface area contributed by atoms with Gasteiger partial charge >= 0.3 is 11.9 Å². The zero-order valence-corrected chi connectivity index (χ0v) is 21.0. The van der Waals surface area contributed by atoms with Crippen molar-refractivity contribution in [2.75, 3.05) is 0 Å². The maximum Gasteiger partial charge on any atom is 0.311 e. The van der Waals surface area contributed by atoms with Crippen LogP contribution in [0.3, 0.4) is 0 Å². The Kier molecular flexibility index (Phi) is 9.06. The highest BCUT2D eigenvalue weighted by Crippen LogP contribution is 2.45. The largest absolute Gasteiger partial charge is 0.426 e. The monoisotopic (exact) mass is 438 g/mol. The predicted molar refractivity (Wildman–Crippen MR) is 131 cm³/mol. The number of benzene rings is 2. The first kappa shape index (κ1) is 25.6. The lowest BCUT2D eigenvalue weighted by Gasteiger charge is -2.22. The number of hydrogen-bond donors (Lipinski definition) is 0. The number of carbonyl (C=O) groups is 2. The molecule has 0 atom stereocenters. The zero-order chi connectivity index (χ0) is 24.0. The second kappa shape index (κ2) is 11.3. The van der Waals surface area contributed by atoms with Crippen molar-refractivity contribution in [3.8, 4) is 22.6 Å². The summed E-state index contributed by atoms with van der Waals surface area (Å²) >= 11 is 0. The molecule has 2 aromatic rings. The Bertz CT molecular complexity index is 920. The number of ether oxygens (including phenoxy) is 2. The van der Waals surface area contributed by atoms with E-state index in [1.165, 1.54) is 0 Å². The molecule has 0 aromatic heterocycles. The molecule has 0 fully saturated rings. The van der Waals surface area contributed by atoms with E-state index in [-0.39, 0.29) is 11.9 Å². The van der Waals surface area contributed by atoms with Crippen LogP contribution in [0.2, 0.25) is 0 Å². The minimum Gasteiger partial charge on any atom is -0.426 e. The van der Waals surface area contributed by atoms with Crippen LogP contribution in [0.5, 0.6) is 11.5 Å². The molecule has 174 valence electrons. The van der Waals surface area contributed by atoms with Gasteiger partial charge in [-0.1, -0.05) is 26.7 Å². The average Bonchev–Trinajstić information content (AvgIpc) is 2.75. The maximum absolute atomic E-state index is 12.5. The highest BCUT2D eigenvalue weighted by atomic mass is 16.5. The van der Waals surface area contributed by atoms with E-state index in [9.17, 15) is 9.59 Å². The second-order valence-electron chi connectivity index (χ2n) is 8.79. The highest BCUT2D eigenvalue weighted by molar-refractivity contribution is 5.88. The van der Waals surface area contributed by atoms with Gasteiger partial charge in [0, 0.05) is 24.0 Å². The van der Waals surface area contributed by atoms with E-state index in [0.717, 1.165) is 70.2 Å². The van der Waals surface area contributed by atoms with Crippen LogP contribution in [-0.2, 0) is 9.59 Å². The summed E-state index contributed by atoms with van der Waals surface area (Å²) in [6, 6.07) is 3.86. The molecule has 0 aliphatic heterocycles. The standard InChI is InChI=1S/C28H38O4/c1-9-11-13-25(29)31-23-15-17(3)19(5)21(7)27(23)28-22(8)20(6)18(4)16-24(28)32-26(30)14-12-10-2/h15-16H,9-14H2,1-8H3. The molecule has 4 nitrogen and oxygen atoms in total. The van der Waals surface area contributed by atoms with Crippen molar-refractivity contribution < 1.29 is 19.1 Å². The molecule has 0 radical (unpaired) electrons. The molecule has 0 heterocycles. The Hall–Kier alpha value is -2.62. The zero-order valence-electron chi connectivity index (χ0n) is 21.0. The SMILES string of the molecule is CCCCC(=O)Oc1cc(C)c(C)c(C)c1-c1c(OC(=O)CCCC)cc(C)c(C)c1C. The lowest BCUT2D eigenvalue weighted by molar-refractivity contribution is -0.135. The summed E-state index contributed by atoms with van der Waals surface area (Å²) in [5.74, 6) is 0.588. The van der Waals surface area contributed by atoms with Crippen molar-refractivity contribution in [1.82, 2.24) is 0 Å². The number of rotatable bonds is 9. The fraction of sp³-hybridized carbons (Fsp3) is 0.500. The smallest absolute Gasteiger partial charge is 0.311 e. The summed E-state index contributed by atoms with van der Waals surface area (Å²) in [7, 11) is 0. The maximum atomic E-state index is 12.5. The van der Waals surface area contributed by atoms with E-state index >= 15 is 0 Å². The average molecular weight is 439 g/mol. The van der Waals surface area contributed by atoms with Crippen molar-refractivity contribution in [2.24, 2.45) is 0 Å². The summed E-state index contributed by atoms with van der Waals surface area (Å²) < 4.78 is 11.8. The Labute approximate surface area is 193 Å². The molecule has 0 amide bonds. The molecular formula is C28H38O4. The second-order valence-corrected chi connectivity index (χ2v) is 8.79. The van der Waals surface area contributed by atoms with Crippen molar-refractivity contribution in [3.63, 3.8) is 0 Å². The highest BCUT2D eigenvalue weighted by Gasteiger charge is 2.24. The van der Waals surface area contributed by atoms with Crippen LogP contribution < -0.4 is 9.47 Å². The number of unbranched alkanes of at least 4 members (excludes halogenated alkanes) is 2. The third-order valence-corrected chi connectivity index (χ3v) is 6.41. The summed E-state index contributed by atoms with van der Waals surface area (Å²) in [4.78, 5) is 25.1. The van der Waals surface area contributed by atoms with E-state index in [4.69, 9.17) is 9.47 Å². The number of hydrogen-bond acceptors (Lipinski definition) is 4. The summed E-state index contributed by atoms with van der Waals surface area (Å²) in [5, 5.41) is 0. The van der Waals surface area contributed by atoms with Gasteiger partial charge < -0.3 is 9.47 Å². The van der Waals surface area contributed by atoms with E-state index < -0.39 is 0 Å². The van der Waals surface area contributed by atoms with E-state index in [0.29, 0.717) is 24.3 Å². The summed E-state index contributed by atoms with van der Waals surface area (Å²) in [5.41, 5.74) is 8.11. The molecule has 0 spiro atoms. The number of carbonyl (C=O) groups excluding carboxylic acids is 2. The third kappa shape index (κ3) is 5.79. The van der Waals surface area contributed by atoms with Gasteiger partial charge in [0.25, 0.3) is 0 Å². The Morgan fingerprint density at radius 3 is 1.28 bits per heavy atom. The van der Waals surface area contributed by atoms with Crippen LogP contribution in [0.4, 0.5) is 0 Å². The molecule has 0 bridgehead atoms. The van der Waals surface area contributed by atoms with Gasteiger partial charge in [-0.15, -0.1) is 0 Å². The first-order chi connectivity index (χ1) is 15.1. The molecule has 2 rings (SSSR count). The van der Waals surface area contributed by atoms with Gasteiger partial charge in [-0.25, -0.2) is 0 Å². The van der Waals surface area contributed by atoms with Crippen LogP contribution in [0.1, 0.15) is 85.8 Å². The Morgan fingerprint density at radius 2 is 0.969 bits per heavy atom. The van der Waals surface area contributed by atoms with Gasteiger partial charge in [0.05, 0.1) is 0 Å². The van der Waals surface area contributed by atoms with Crippen LogP contribution in [0.25, 0.3) is 11.1 Å². The van der Waals surface area contributed by atoms with Crippen molar-refractivity contribution in [1.29, 1.82) is 0 Å². The molecule has 32 heavy (non-hydrogen) atoms. The lowest BCUT2D eigenvalue weighted by atomic mass is 9.87. The minimum atomic E-state index is -0.237. The van der Waals surface area contributed by atoms with E-state index in [2.05, 4.69) is 27.7 Å². The van der Waals surface area contributed by atoms with Gasteiger partial charge in [0.2, 0.25) is 0 Å². The van der Waals surface area contributed by atoms with Crippen molar-refractivity contribution >= 4 is 11.9 Å². The van der Waals surface area contributed by atoms with Crippen LogP contribution in [0.15, 0.2) is 12.1 Å². The van der Waals surface area contributed by atoms with Crippen molar-refractivity contribution in [2.45, 2.75) is 93.9 Å². The van der Waals surface area contributed by atoms with Gasteiger partial charge in [0.1, 0.15) is 11.5 Å². The first-order valence-electron chi connectivity index (χ1n) is 11.8. The predicted octanol–water partition coefficient (Wildman–Crippen LogP) is 7.40. The van der Waals surface area contributed by atoms with Gasteiger partial charge in [-0.2, -0.15) is 0 Å². The van der Waals surface area contributed by atoms with Crippen molar-refractivity contribution in [3.05, 3.63) is 45.5 Å². The van der Waals surface area contributed by atoms with Gasteiger partial charge in [0.15, 0.2) is 0 Å². The fourth-order valence-corrected chi connectivity index (χ4v) is 3.86. The molecule has 0 N–H and O–H groups in total. The van der Waals surface area contributed by atoms with Gasteiger partial charge in [-0.3, -0.25) is 9.59 Å². The molecular weight excluding hydrogens is 400 g/mol. The fourth-order valence-electron chi connectivity index (χ4n) is 3.86. The van der Waals surface area contributed by atoms with Crippen LogP contribution in [-0.4, -0.2) is 11.9 Å². The Morgan fingerprint density at radius 1 is 0.625 bits per heavy atom. The number of aryl methyl sites for hydroxylation is 2. The molecule has 0 aliphatic carbocycles. The normalized spacial score (nSPS) is 10.9. The summed E-state index contributed by atoms with van der Waals surface area (Å²) in [6.07, 6.45) is 4.21. The molecule has 2 aromatic carbocycles. The lowest BCUT2D eigenvalue weighted by Crippen LogP contribution is -2.12. The summed E-state index contributed by atoms with van der Waals surface area (Å²) in [6.45, 7) is 16.4. The molecule has 0 saturated carbocycles. The molecule has 0 aliphatic rings. The minimum absolute atomic E-state index is 0.237. The Balaban J connectivity index is 2.72.